The number of allylic oxidation sites excluding steroid dienone is 1. The van der Waals surface area contributed by atoms with Crippen LogP contribution in [0.1, 0.15) is 52.0 Å². The van der Waals surface area contributed by atoms with E-state index in [1.165, 1.54) is 6.29 Å². The Balaban J connectivity index is 1.46. The molecule has 5 heteroatoms. The number of esters is 1. The van der Waals surface area contributed by atoms with Crippen molar-refractivity contribution in [3.8, 4) is 0 Å². The highest BCUT2D eigenvalue weighted by atomic mass is 16.6. The van der Waals surface area contributed by atoms with Gasteiger partial charge in [0.05, 0.1) is 25.2 Å². The van der Waals surface area contributed by atoms with Crippen molar-refractivity contribution in [3.63, 3.8) is 0 Å². The monoisotopic (exact) mass is 478 g/mol. The van der Waals surface area contributed by atoms with Crippen molar-refractivity contribution in [1.82, 2.24) is 0 Å². The summed E-state index contributed by atoms with van der Waals surface area (Å²) in [5.41, 5.74) is -0.0228. The first-order chi connectivity index (χ1) is 16.9. The topological polar surface area (TPSA) is 65.1 Å². The van der Waals surface area contributed by atoms with Gasteiger partial charge in [-0.25, -0.2) is 0 Å². The van der Waals surface area contributed by atoms with Gasteiger partial charge >= 0.3 is 5.97 Å². The quantitative estimate of drug-likeness (QED) is 0.217. The average molecular weight is 479 g/mol. The number of carbonyl (C=O) groups is 2. The summed E-state index contributed by atoms with van der Waals surface area (Å²) >= 11 is 0. The van der Waals surface area contributed by atoms with Crippen LogP contribution in [0.3, 0.4) is 0 Å². The molecule has 0 aromatic heterocycles. The van der Waals surface area contributed by atoms with E-state index in [1.54, 1.807) is 0 Å². The Morgan fingerprint density at radius 3 is 2.66 bits per heavy atom. The van der Waals surface area contributed by atoms with Gasteiger partial charge < -0.3 is 19.0 Å². The van der Waals surface area contributed by atoms with Gasteiger partial charge in [0, 0.05) is 5.41 Å². The lowest BCUT2D eigenvalue weighted by molar-refractivity contribution is -0.193. The smallest absolute Gasteiger partial charge is 0.318 e. The maximum atomic E-state index is 14.6. The highest BCUT2D eigenvalue weighted by Crippen LogP contribution is 2.82. The predicted molar refractivity (Wildman–Crippen MR) is 131 cm³/mol. The molecule has 1 aliphatic heterocycles. The zero-order chi connectivity index (χ0) is 24.4. The first-order valence-electron chi connectivity index (χ1n) is 13.5. The van der Waals surface area contributed by atoms with Crippen LogP contribution in [0, 0.1) is 45.8 Å². The van der Waals surface area contributed by atoms with E-state index in [2.05, 4.69) is 26.8 Å². The van der Waals surface area contributed by atoms with Crippen molar-refractivity contribution >= 4 is 12.3 Å². The molecule has 4 bridgehead atoms. The molecule has 0 unspecified atom stereocenters. The van der Waals surface area contributed by atoms with Gasteiger partial charge in [0.25, 0.3) is 0 Å². The molecule has 1 heterocycles. The number of fused-ring (bicyclic) bond motifs is 2. The van der Waals surface area contributed by atoms with Gasteiger partial charge in [-0.15, -0.1) is 0 Å². The fourth-order valence-electron chi connectivity index (χ4n) is 8.98. The second-order valence-electron chi connectivity index (χ2n) is 12.2. The number of carbonyl (C=O) groups excluding carboxylic acids is 2. The van der Waals surface area contributed by atoms with E-state index in [-0.39, 0.29) is 36.4 Å². The molecule has 1 saturated heterocycles. The van der Waals surface area contributed by atoms with Gasteiger partial charge in [-0.3, -0.25) is 4.79 Å². The lowest BCUT2D eigenvalue weighted by atomic mass is 9.43. The minimum Gasteiger partial charge on any atom is -0.460 e. The van der Waals surface area contributed by atoms with Crippen molar-refractivity contribution < 1.29 is 23.8 Å². The van der Waals surface area contributed by atoms with Gasteiger partial charge in [0.15, 0.2) is 0 Å². The molecular formula is C30H38O5. The Morgan fingerprint density at radius 1 is 1.20 bits per heavy atom. The van der Waals surface area contributed by atoms with Crippen LogP contribution in [0.2, 0.25) is 0 Å². The number of hydrogen-bond acceptors (Lipinski definition) is 5. The fourth-order valence-corrected chi connectivity index (χ4v) is 8.98. The van der Waals surface area contributed by atoms with Crippen LogP contribution in [0.25, 0.3) is 0 Å². The molecule has 5 nitrogen and oxygen atoms in total. The number of rotatable bonds is 9. The third kappa shape index (κ3) is 3.07. The van der Waals surface area contributed by atoms with Gasteiger partial charge in [-0.1, -0.05) is 69.2 Å². The molecule has 0 radical (unpaired) electrons. The third-order valence-electron chi connectivity index (χ3n) is 10.4. The number of hydrogen-bond donors (Lipinski definition) is 0. The second-order valence-corrected chi connectivity index (χ2v) is 12.2. The summed E-state index contributed by atoms with van der Waals surface area (Å²) in [5, 5.41) is 0. The molecule has 8 atom stereocenters. The van der Waals surface area contributed by atoms with Crippen molar-refractivity contribution in [1.29, 1.82) is 0 Å². The summed E-state index contributed by atoms with van der Waals surface area (Å²) in [5.74, 6) is 1.34. The van der Waals surface area contributed by atoms with Crippen LogP contribution in [-0.2, 0) is 30.4 Å². The molecule has 0 amide bonds. The predicted octanol–water partition coefficient (Wildman–Crippen LogP) is 4.99. The van der Waals surface area contributed by atoms with Crippen LogP contribution >= 0.6 is 0 Å². The van der Waals surface area contributed by atoms with Gasteiger partial charge in [-0.05, 0) is 54.4 Å². The first-order valence-corrected chi connectivity index (χ1v) is 13.5. The standard InChI is InChI=1S/C30H38O5/c1-19(2)26-11-22-12-28(17-31)25-10-9-20(3)24(25)13-29(22,18-33-15-23-16-34-23)30(26,28)27(32)35-14-21-7-5-4-6-8-21/h4-8,11,17,19-20,22-25H,9-10,12-16,18H2,1-3H3/t20-,22+,23-,24-,25-,28+,29+,30+/m1/s1. The van der Waals surface area contributed by atoms with Crippen molar-refractivity contribution in [2.45, 2.75) is 59.2 Å². The van der Waals surface area contributed by atoms with E-state index < -0.39 is 16.2 Å². The molecule has 1 aromatic carbocycles. The number of aldehydes is 1. The maximum absolute atomic E-state index is 14.6. The molecule has 4 fully saturated rings. The third-order valence-corrected chi connectivity index (χ3v) is 10.4. The van der Waals surface area contributed by atoms with Crippen LogP contribution in [-0.4, -0.2) is 38.2 Å². The highest BCUT2D eigenvalue weighted by Gasteiger charge is 2.84. The van der Waals surface area contributed by atoms with Crippen LogP contribution in [0.15, 0.2) is 42.0 Å². The minimum absolute atomic E-state index is 0.158. The number of ether oxygens (including phenoxy) is 3. The zero-order valence-electron chi connectivity index (χ0n) is 21.2. The molecule has 0 N–H and O–H groups in total. The average Bonchev–Trinajstić information content (AvgIpc) is 3.52. The lowest BCUT2D eigenvalue weighted by Gasteiger charge is -2.58. The molecular weight excluding hydrogens is 440 g/mol. The Labute approximate surface area is 208 Å². The normalized spacial score (nSPS) is 42.6. The minimum atomic E-state index is -0.953. The molecule has 3 saturated carbocycles. The summed E-state index contributed by atoms with van der Waals surface area (Å²) in [6.07, 6.45) is 7.52. The van der Waals surface area contributed by atoms with Crippen LogP contribution in [0.4, 0.5) is 0 Å². The van der Waals surface area contributed by atoms with E-state index in [0.717, 1.165) is 43.4 Å². The molecule has 5 aliphatic rings. The van der Waals surface area contributed by atoms with Crippen LogP contribution < -0.4 is 0 Å². The molecule has 4 aliphatic carbocycles. The highest BCUT2D eigenvalue weighted by molar-refractivity contribution is 5.91. The van der Waals surface area contributed by atoms with E-state index in [0.29, 0.717) is 25.0 Å². The number of epoxide rings is 1. The summed E-state index contributed by atoms with van der Waals surface area (Å²) < 4.78 is 18.0. The molecule has 188 valence electrons. The van der Waals surface area contributed by atoms with E-state index in [4.69, 9.17) is 14.2 Å². The maximum Gasteiger partial charge on any atom is 0.318 e. The van der Waals surface area contributed by atoms with E-state index in [9.17, 15) is 9.59 Å². The summed E-state index contributed by atoms with van der Waals surface area (Å²) in [6.45, 7) is 8.66. The molecule has 6 rings (SSSR count). The SMILES string of the molecule is CC(C)C1=C[C@H]2C[C@]3(C=O)[C@@H]4CC[C@@H](C)[C@H]4C[C@@]2(COC[C@@H]2CO2)[C@]13C(=O)OCc1ccccc1. The Kier molecular flexibility index (Phi) is 5.54. The van der Waals surface area contributed by atoms with E-state index in [1.807, 2.05) is 30.3 Å². The van der Waals surface area contributed by atoms with Gasteiger partial charge in [-0.2, -0.15) is 0 Å². The molecule has 35 heavy (non-hydrogen) atoms. The number of benzene rings is 1. The summed E-state index contributed by atoms with van der Waals surface area (Å²) in [7, 11) is 0. The van der Waals surface area contributed by atoms with Gasteiger partial charge in [0.2, 0.25) is 0 Å². The zero-order valence-corrected chi connectivity index (χ0v) is 21.2. The molecule has 1 aromatic rings. The fraction of sp³-hybridized carbons (Fsp3) is 0.667. The van der Waals surface area contributed by atoms with Crippen molar-refractivity contribution in [3.05, 3.63) is 47.5 Å². The summed E-state index contributed by atoms with van der Waals surface area (Å²) in [6, 6.07) is 9.85. The Hall–Kier alpha value is -1.98. The second kappa shape index (κ2) is 8.27. The summed E-state index contributed by atoms with van der Waals surface area (Å²) in [4.78, 5) is 27.9. The largest absolute Gasteiger partial charge is 0.460 e. The van der Waals surface area contributed by atoms with Crippen molar-refractivity contribution in [2.24, 2.45) is 45.8 Å². The van der Waals surface area contributed by atoms with E-state index >= 15 is 0 Å². The lowest BCUT2D eigenvalue weighted by Crippen LogP contribution is -2.64. The van der Waals surface area contributed by atoms with Crippen molar-refractivity contribution in [2.75, 3.05) is 19.8 Å². The Bertz CT molecular complexity index is 1030. The first kappa shape index (κ1) is 23.4. The van der Waals surface area contributed by atoms with Crippen LogP contribution in [0.5, 0.6) is 0 Å². The molecule has 0 spiro atoms. The van der Waals surface area contributed by atoms with Gasteiger partial charge in [0.1, 0.15) is 24.4 Å². The Morgan fingerprint density at radius 2 is 1.97 bits per heavy atom.